The van der Waals surface area contributed by atoms with Gasteiger partial charge in [0.15, 0.2) is 0 Å². The van der Waals surface area contributed by atoms with E-state index in [4.69, 9.17) is 4.74 Å². The van der Waals surface area contributed by atoms with Crippen LogP contribution in [0.2, 0.25) is 0 Å². The van der Waals surface area contributed by atoms with Crippen LogP contribution in [-0.4, -0.2) is 19.7 Å². The molecule has 0 saturated heterocycles. The highest BCUT2D eigenvalue weighted by atomic mass is 32.1. The van der Waals surface area contributed by atoms with Gasteiger partial charge in [0, 0.05) is 0 Å². The van der Waals surface area contributed by atoms with Crippen molar-refractivity contribution < 1.29 is 4.74 Å². The molecule has 0 fully saturated rings. The van der Waals surface area contributed by atoms with Gasteiger partial charge in [-0.15, -0.1) is 11.3 Å². The number of rotatable bonds is 0. The standard InChI is InChI=1S/C7H8N2OS/c1-10-7-6-5(2-3-11-6)8-4-9-7/h2-3,8H,4H2,1H3. The Hall–Kier alpha value is -1.03. The van der Waals surface area contributed by atoms with E-state index in [0.29, 0.717) is 6.67 Å². The molecule has 3 nitrogen and oxygen atoms in total. The predicted molar refractivity (Wildman–Crippen MR) is 46.4 cm³/mol. The summed E-state index contributed by atoms with van der Waals surface area (Å²) in [6.07, 6.45) is 0. The molecule has 0 aliphatic carbocycles. The highest BCUT2D eigenvalue weighted by Crippen LogP contribution is 2.25. The van der Waals surface area contributed by atoms with Crippen LogP contribution in [0.4, 0.5) is 5.69 Å². The molecule has 1 aliphatic rings. The summed E-state index contributed by atoms with van der Waals surface area (Å²) >= 11 is 1.64. The molecule has 0 unspecified atom stereocenters. The molecule has 0 aromatic carbocycles. The second-order valence-electron chi connectivity index (χ2n) is 2.17. The number of methoxy groups -OCH3 is 1. The monoisotopic (exact) mass is 168 g/mol. The zero-order valence-electron chi connectivity index (χ0n) is 6.13. The van der Waals surface area contributed by atoms with Gasteiger partial charge in [0.2, 0.25) is 5.90 Å². The fourth-order valence-electron chi connectivity index (χ4n) is 1.04. The van der Waals surface area contributed by atoms with Crippen molar-refractivity contribution in [1.29, 1.82) is 0 Å². The van der Waals surface area contributed by atoms with Gasteiger partial charge in [-0.05, 0) is 11.4 Å². The fourth-order valence-corrected chi connectivity index (χ4v) is 1.90. The van der Waals surface area contributed by atoms with Crippen molar-refractivity contribution in [2.45, 2.75) is 0 Å². The van der Waals surface area contributed by atoms with Crippen molar-refractivity contribution in [3.05, 3.63) is 16.3 Å². The van der Waals surface area contributed by atoms with E-state index in [1.165, 1.54) is 0 Å². The van der Waals surface area contributed by atoms with Crippen LogP contribution in [0.5, 0.6) is 0 Å². The van der Waals surface area contributed by atoms with Gasteiger partial charge >= 0.3 is 0 Å². The third-order valence-electron chi connectivity index (χ3n) is 1.54. The maximum absolute atomic E-state index is 5.10. The lowest BCUT2D eigenvalue weighted by Gasteiger charge is -2.12. The lowest BCUT2D eigenvalue weighted by molar-refractivity contribution is 0.403. The van der Waals surface area contributed by atoms with Gasteiger partial charge in [0.25, 0.3) is 0 Å². The van der Waals surface area contributed by atoms with Gasteiger partial charge in [-0.25, -0.2) is 4.99 Å². The zero-order valence-corrected chi connectivity index (χ0v) is 6.94. The van der Waals surface area contributed by atoms with Crippen LogP contribution >= 0.6 is 11.3 Å². The summed E-state index contributed by atoms with van der Waals surface area (Å²) in [7, 11) is 1.65. The van der Waals surface area contributed by atoms with Crippen molar-refractivity contribution in [2.24, 2.45) is 4.99 Å². The van der Waals surface area contributed by atoms with E-state index in [2.05, 4.69) is 10.3 Å². The predicted octanol–water partition coefficient (Wildman–Crippen LogP) is 1.52. The van der Waals surface area contributed by atoms with Crippen LogP contribution < -0.4 is 5.32 Å². The molecule has 0 atom stereocenters. The second kappa shape index (κ2) is 2.54. The molecule has 0 radical (unpaired) electrons. The van der Waals surface area contributed by atoms with Crippen molar-refractivity contribution >= 4 is 22.9 Å². The Morgan fingerprint density at radius 2 is 2.64 bits per heavy atom. The maximum atomic E-state index is 5.10. The molecule has 0 bridgehead atoms. The summed E-state index contributed by atoms with van der Waals surface area (Å²) in [6, 6.07) is 2.04. The molecule has 11 heavy (non-hydrogen) atoms. The van der Waals surface area contributed by atoms with Gasteiger partial charge in [-0.1, -0.05) is 0 Å². The van der Waals surface area contributed by atoms with Crippen LogP contribution in [0.3, 0.4) is 0 Å². The van der Waals surface area contributed by atoms with Crippen molar-refractivity contribution in [2.75, 3.05) is 19.1 Å². The third-order valence-corrected chi connectivity index (χ3v) is 2.45. The topological polar surface area (TPSA) is 33.6 Å². The third kappa shape index (κ3) is 0.991. The van der Waals surface area contributed by atoms with Crippen LogP contribution in [0.15, 0.2) is 16.4 Å². The van der Waals surface area contributed by atoms with E-state index in [1.54, 1.807) is 18.4 Å². The Kier molecular flexibility index (Phi) is 1.54. The van der Waals surface area contributed by atoms with E-state index < -0.39 is 0 Å². The van der Waals surface area contributed by atoms with Gasteiger partial charge in [-0.2, -0.15) is 0 Å². The Bertz CT molecular complexity index is 292. The first kappa shape index (κ1) is 6.67. The SMILES string of the molecule is COC1=NCNc2ccsc21. The lowest BCUT2D eigenvalue weighted by atomic mass is 10.3. The van der Waals surface area contributed by atoms with E-state index in [0.717, 1.165) is 16.5 Å². The maximum Gasteiger partial charge on any atom is 0.230 e. The highest BCUT2D eigenvalue weighted by molar-refractivity contribution is 7.12. The van der Waals surface area contributed by atoms with Crippen LogP contribution in [0, 0.1) is 0 Å². The fraction of sp³-hybridized carbons (Fsp3) is 0.286. The largest absolute Gasteiger partial charge is 0.480 e. The molecular weight excluding hydrogens is 160 g/mol. The summed E-state index contributed by atoms with van der Waals surface area (Å²) in [5.74, 6) is 0.744. The molecular formula is C7H8N2OS. The Morgan fingerprint density at radius 1 is 1.73 bits per heavy atom. The average Bonchev–Trinajstić information content (AvgIpc) is 2.50. The number of ether oxygens (including phenoxy) is 1. The summed E-state index contributed by atoms with van der Waals surface area (Å²) in [6.45, 7) is 0.618. The van der Waals surface area contributed by atoms with Crippen molar-refractivity contribution in [1.82, 2.24) is 0 Å². The van der Waals surface area contributed by atoms with E-state index in [9.17, 15) is 0 Å². The van der Waals surface area contributed by atoms with Crippen molar-refractivity contribution in [3.8, 4) is 0 Å². The summed E-state index contributed by atoms with van der Waals surface area (Å²) in [5, 5.41) is 5.18. The number of hydrogen-bond donors (Lipinski definition) is 1. The molecule has 0 amide bonds. The van der Waals surface area contributed by atoms with E-state index in [1.807, 2.05) is 11.4 Å². The average molecular weight is 168 g/mol. The molecule has 0 saturated carbocycles. The first-order valence-electron chi connectivity index (χ1n) is 3.32. The minimum absolute atomic E-state index is 0.618. The van der Waals surface area contributed by atoms with Gasteiger partial charge < -0.3 is 10.1 Å². The molecule has 1 aliphatic heterocycles. The second-order valence-corrected chi connectivity index (χ2v) is 3.08. The highest BCUT2D eigenvalue weighted by Gasteiger charge is 2.14. The van der Waals surface area contributed by atoms with E-state index >= 15 is 0 Å². The lowest BCUT2D eigenvalue weighted by Crippen LogP contribution is -2.14. The minimum Gasteiger partial charge on any atom is -0.480 e. The molecule has 2 heterocycles. The van der Waals surface area contributed by atoms with Crippen molar-refractivity contribution in [3.63, 3.8) is 0 Å². The minimum atomic E-state index is 0.618. The Labute approximate surface area is 68.7 Å². The van der Waals surface area contributed by atoms with Gasteiger partial charge in [-0.3, -0.25) is 0 Å². The Morgan fingerprint density at radius 3 is 3.45 bits per heavy atom. The number of hydrogen-bond acceptors (Lipinski definition) is 4. The van der Waals surface area contributed by atoms with Gasteiger partial charge in [0.1, 0.15) is 11.5 Å². The zero-order chi connectivity index (χ0) is 7.68. The molecule has 1 N–H and O–H groups in total. The normalized spacial score (nSPS) is 14.8. The van der Waals surface area contributed by atoms with Crippen LogP contribution in [0.25, 0.3) is 0 Å². The first-order valence-corrected chi connectivity index (χ1v) is 4.20. The number of anilines is 1. The van der Waals surface area contributed by atoms with Crippen LogP contribution in [0.1, 0.15) is 4.88 Å². The van der Waals surface area contributed by atoms with E-state index in [-0.39, 0.29) is 0 Å². The summed E-state index contributed by atoms with van der Waals surface area (Å²) < 4.78 is 5.10. The summed E-state index contributed by atoms with van der Waals surface area (Å²) in [5.41, 5.74) is 1.13. The Balaban J connectivity index is 2.45. The number of nitrogens with zero attached hydrogens (tertiary/aromatic N) is 1. The molecule has 1 aromatic heterocycles. The molecule has 2 rings (SSSR count). The number of thiophene rings is 1. The summed E-state index contributed by atoms with van der Waals surface area (Å²) in [4.78, 5) is 5.25. The number of aliphatic imine (C=N–C) groups is 1. The first-order chi connectivity index (χ1) is 5.42. The molecule has 58 valence electrons. The smallest absolute Gasteiger partial charge is 0.230 e. The van der Waals surface area contributed by atoms with Crippen LogP contribution in [-0.2, 0) is 4.74 Å². The molecule has 0 spiro atoms. The molecule has 4 heteroatoms. The quantitative estimate of drug-likeness (QED) is 0.637. The molecule has 1 aromatic rings. The number of fused-ring (bicyclic) bond motifs is 1. The number of nitrogens with one attached hydrogen (secondary N) is 1. The van der Waals surface area contributed by atoms with Gasteiger partial charge in [0.05, 0.1) is 12.8 Å².